The van der Waals surface area contributed by atoms with Crippen LogP contribution in [0.4, 0.5) is 13.2 Å². The number of nitrogens with zero attached hydrogens (tertiary/aromatic N) is 1. The minimum absolute atomic E-state index is 0.0571. The van der Waals surface area contributed by atoms with Crippen LogP contribution in [0.2, 0.25) is 0 Å². The molecule has 0 atom stereocenters. The highest BCUT2D eigenvalue weighted by Gasteiger charge is 2.30. The van der Waals surface area contributed by atoms with E-state index in [1.807, 2.05) is 6.07 Å². The van der Waals surface area contributed by atoms with Crippen LogP contribution in [0.25, 0.3) is 0 Å². The molecule has 108 valence electrons. The molecule has 0 aliphatic carbocycles. The second kappa shape index (κ2) is 6.31. The Morgan fingerprint density at radius 1 is 1.00 bits per heavy atom. The van der Waals surface area contributed by atoms with Crippen LogP contribution in [-0.4, -0.2) is 0 Å². The summed E-state index contributed by atoms with van der Waals surface area (Å²) in [6, 6.07) is 14.0. The van der Waals surface area contributed by atoms with Crippen molar-refractivity contribution in [2.75, 3.05) is 0 Å². The predicted octanol–water partition coefficient (Wildman–Crippen LogP) is 4.35. The first-order chi connectivity index (χ1) is 9.99. The summed E-state index contributed by atoms with van der Waals surface area (Å²) in [4.78, 5) is 0. The van der Waals surface area contributed by atoms with Crippen LogP contribution in [0.3, 0.4) is 0 Å². The van der Waals surface area contributed by atoms with Crippen molar-refractivity contribution in [3.8, 4) is 11.8 Å². The summed E-state index contributed by atoms with van der Waals surface area (Å²) in [5, 5.41) is 8.56. The Labute approximate surface area is 120 Å². The van der Waals surface area contributed by atoms with Crippen molar-refractivity contribution in [2.24, 2.45) is 0 Å². The SMILES string of the molecule is N#CCc1ccc(OCc2cccc(C(F)(F)F)c2)cc1. The van der Waals surface area contributed by atoms with Gasteiger partial charge < -0.3 is 4.74 Å². The van der Waals surface area contributed by atoms with Crippen molar-refractivity contribution >= 4 is 0 Å². The lowest BCUT2D eigenvalue weighted by molar-refractivity contribution is -0.137. The average molecular weight is 291 g/mol. The Kier molecular flexibility index (Phi) is 4.49. The largest absolute Gasteiger partial charge is 0.489 e. The minimum Gasteiger partial charge on any atom is -0.489 e. The molecular formula is C16H12F3NO. The molecule has 0 spiro atoms. The number of hydrogen-bond donors (Lipinski definition) is 0. The highest BCUT2D eigenvalue weighted by molar-refractivity contribution is 5.30. The monoisotopic (exact) mass is 291 g/mol. The lowest BCUT2D eigenvalue weighted by Gasteiger charge is -2.10. The van der Waals surface area contributed by atoms with E-state index in [2.05, 4.69) is 0 Å². The molecule has 0 radical (unpaired) electrons. The van der Waals surface area contributed by atoms with Gasteiger partial charge in [-0.05, 0) is 35.4 Å². The molecule has 0 fully saturated rings. The third kappa shape index (κ3) is 4.25. The van der Waals surface area contributed by atoms with E-state index < -0.39 is 11.7 Å². The predicted molar refractivity (Wildman–Crippen MR) is 71.5 cm³/mol. The van der Waals surface area contributed by atoms with E-state index in [4.69, 9.17) is 10.00 Å². The summed E-state index contributed by atoms with van der Waals surface area (Å²) in [5.74, 6) is 0.550. The quantitative estimate of drug-likeness (QED) is 0.839. The normalized spacial score (nSPS) is 11.0. The molecule has 0 saturated carbocycles. The molecule has 2 aromatic rings. The van der Waals surface area contributed by atoms with Gasteiger partial charge in [-0.15, -0.1) is 0 Å². The maximum atomic E-state index is 12.6. The lowest BCUT2D eigenvalue weighted by atomic mass is 10.1. The van der Waals surface area contributed by atoms with Gasteiger partial charge in [0.1, 0.15) is 12.4 Å². The topological polar surface area (TPSA) is 33.0 Å². The summed E-state index contributed by atoms with van der Waals surface area (Å²) < 4.78 is 43.2. The molecule has 0 bridgehead atoms. The molecule has 0 heterocycles. The van der Waals surface area contributed by atoms with Gasteiger partial charge in [0, 0.05) is 0 Å². The molecule has 2 nitrogen and oxygen atoms in total. The van der Waals surface area contributed by atoms with Crippen LogP contribution in [0.15, 0.2) is 48.5 Å². The Hall–Kier alpha value is -2.48. The Morgan fingerprint density at radius 3 is 2.33 bits per heavy atom. The standard InChI is InChI=1S/C16H12F3NO/c17-16(18,19)14-3-1-2-13(10-14)11-21-15-6-4-12(5-7-15)8-9-20/h1-7,10H,8,11H2. The first kappa shape index (κ1) is 14.9. The Balaban J connectivity index is 2.01. The van der Waals surface area contributed by atoms with Gasteiger partial charge in [0.15, 0.2) is 0 Å². The van der Waals surface area contributed by atoms with Crippen molar-refractivity contribution in [1.82, 2.24) is 0 Å². The van der Waals surface area contributed by atoms with Crippen LogP contribution in [0.1, 0.15) is 16.7 Å². The number of rotatable bonds is 4. The number of ether oxygens (including phenoxy) is 1. The highest BCUT2D eigenvalue weighted by Crippen LogP contribution is 2.29. The molecule has 0 unspecified atom stereocenters. The fourth-order valence-corrected chi connectivity index (χ4v) is 1.80. The van der Waals surface area contributed by atoms with Crippen molar-refractivity contribution < 1.29 is 17.9 Å². The van der Waals surface area contributed by atoms with Gasteiger partial charge in [-0.1, -0.05) is 24.3 Å². The second-order valence-electron chi connectivity index (χ2n) is 4.47. The van der Waals surface area contributed by atoms with Crippen molar-refractivity contribution in [2.45, 2.75) is 19.2 Å². The van der Waals surface area contributed by atoms with E-state index >= 15 is 0 Å². The van der Waals surface area contributed by atoms with Crippen LogP contribution in [0, 0.1) is 11.3 Å². The van der Waals surface area contributed by atoms with E-state index in [1.165, 1.54) is 6.07 Å². The van der Waals surface area contributed by atoms with E-state index in [9.17, 15) is 13.2 Å². The zero-order valence-electron chi connectivity index (χ0n) is 11.0. The van der Waals surface area contributed by atoms with Crippen LogP contribution in [-0.2, 0) is 19.2 Å². The lowest BCUT2D eigenvalue weighted by Crippen LogP contribution is -2.06. The number of benzene rings is 2. The molecular weight excluding hydrogens is 279 g/mol. The third-order valence-corrected chi connectivity index (χ3v) is 2.87. The van der Waals surface area contributed by atoms with Gasteiger partial charge in [-0.25, -0.2) is 0 Å². The summed E-state index contributed by atoms with van der Waals surface area (Å²) in [6.07, 6.45) is -4.04. The van der Waals surface area contributed by atoms with Crippen molar-refractivity contribution in [3.63, 3.8) is 0 Å². The van der Waals surface area contributed by atoms with Crippen molar-refractivity contribution in [1.29, 1.82) is 5.26 Å². The minimum atomic E-state index is -4.35. The molecule has 0 aliphatic heterocycles. The summed E-state index contributed by atoms with van der Waals surface area (Å²) in [6.45, 7) is 0.0571. The van der Waals surface area contributed by atoms with Gasteiger partial charge in [0.2, 0.25) is 0 Å². The smallest absolute Gasteiger partial charge is 0.416 e. The van der Waals surface area contributed by atoms with Gasteiger partial charge in [0.05, 0.1) is 18.1 Å². The van der Waals surface area contributed by atoms with Crippen molar-refractivity contribution in [3.05, 3.63) is 65.2 Å². The number of halogens is 3. The molecule has 0 N–H and O–H groups in total. The van der Waals surface area contributed by atoms with E-state index in [0.717, 1.165) is 17.7 Å². The molecule has 2 rings (SSSR count). The van der Waals surface area contributed by atoms with Gasteiger partial charge in [-0.3, -0.25) is 0 Å². The zero-order valence-corrected chi connectivity index (χ0v) is 11.0. The highest BCUT2D eigenvalue weighted by atomic mass is 19.4. The summed E-state index contributed by atoms with van der Waals surface area (Å²) in [5.41, 5.74) is 0.628. The van der Waals surface area contributed by atoms with Gasteiger partial charge >= 0.3 is 6.18 Å². The maximum absolute atomic E-state index is 12.6. The molecule has 2 aromatic carbocycles. The fraction of sp³-hybridized carbons (Fsp3) is 0.188. The molecule has 21 heavy (non-hydrogen) atoms. The van der Waals surface area contributed by atoms with E-state index in [1.54, 1.807) is 30.3 Å². The third-order valence-electron chi connectivity index (χ3n) is 2.87. The number of nitriles is 1. The molecule has 0 aromatic heterocycles. The average Bonchev–Trinajstić information content (AvgIpc) is 2.46. The molecule has 0 aliphatic rings. The molecule has 0 amide bonds. The summed E-state index contributed by atoms with van der Waals surface area (Å²) >= 11 is 0. The van der Waals surface area contributed by atoms with Crippen LogP contribution < -0.4 is 4.74 Å². The first-order valence-corrected chi connectivity index (χ1v) is 6.24. The second-order valence-corrected chi connectivity index (χ2v) is 4.47. The fourth-order valence-electron chi connectivity index (χ4n) is 1.80. The Morgan fingerprint density at radius 2 is 1.71 bits per heavy atom. The molecule has 0 saturated heterocycles. The first-order valence-electron chi connectivity index (χ1n) is 6.24. The molecule has 5 heteroatoms. The Bertz CT molecular complexity index is 642. The zero-order chi connectivity index (χ0) is 15.3. The summed E-state index contributed by atoms with van der Waals surface area (Å²) in [7, 11) is 0. The maximum Gasteiger partial charge on any atom is 0.416 e. The van der Waals surface area contributed by atoms with Gasteiger partial charge in [0.25, 0.3) is 0 Å². The van der Waals surface area contributed by atoms with Crippen LogP contribution >= 0.6 is 0 Å². The van der Waals surface area contributed by atoms with Gasteiger partial charge in [-0.2, -0.15) is 18.4 Å². The number of hydrogen-bond acceptors (Lipinski definition) is 2. The van der Waals surface area contributed by atoms with E-state index in [0.29, 0.717) is 17.7 Å². The van der Waals surface area contributed by atoms with Crippen LogP contribution in [0.5, 0.6) is 5.75 Å². The van der Waals surface area contributed by atoms with E-state index in [-0.39, 0.29) is 6.61 Å². The number of alkyl halides is 3.